The van der Waals surface area contributed by atoms with Gasteiger partial charge in [0.1, 0.15) is 0 Å². The lowest BCUT2D eigenvalue weighted by atomic mass is 10.1. The number of carbonyl (C=O) groups excluding carboxylic acids is 3. The molecule has 0 atom stereocenters. The molecule has 0 aliphatic carbocycles. The number of nitrogens with zero attached hydrogens (tertiary/aromatic N) is 1. The first-order valence-electron chi connectivity index (χ1n) is 7.43. The molecular formula is C17H16Cl2N4O3. The van der Waals surface area contributed by atoms with Crippen LogP contribution in [0.25, 0.3) is 0 Å². The zero-order chi connectivity index (χ0) is 19.3. The monoisotopic (exact) mass is 394 g/mol. The van der Waals surface area contributed by atoms with Crippen LogP contribution in [0, 0.1) is 0 Å². The van der Waals surface area contributed by atoms with Gasteiger partial charge in [0.2, 0.25) is 5.91 Å². The van der Waals surface area contributed by atoms with E-state index in [2.05, 4.69) is 10.6 Å². The minimum absolute atomic E-state index is 0.214. The van der Waals surface area contributed by atoms with E-state index in [-0.39, 0.29) is 12.2 Å². The molecule has 9 heteroatoms. The molecule has 136 valence electrons. The standard InChI is InChI=1S/C17H16Cl2N4O3/c1-23(9-14(24)22-15-12(18)6-3-7-13(15)19)16(25)10-4-2-5-11(8-10)21-17(20)26/h2-8H,9H2,1H3,(H,22,24)(H3,20,21,26). The van der Waals surface area contributed by atoms with Crippen LogP contribution in [-0.2, 0) is 4.79 Å². The van der Waals surface area contributed by atoms with Crippen LogP contribution >= 0.6 is 23.2 Å². The van der Waals surface area contributed by atoms with Gasteiger partial charge in [0, 0.05) is 18.3 Å². The maximum absolute atomic E-state index is 12.5. The molecule has 2 rings (SSSR count). The minimum atomic E-state index is -0.737. The number of para-hydroxylation sites is 1. The maximum Gasteiger partial charge on any atom is 0.316 e. The van der Waals surface area contributed by atoms with Crippen LogP contribution in [0.5, 0.6) is 0 Å². The van der Waals surface area contributed by atoms with Crippen molar-refractivity contribution in [2.75, 3.05) is 24.2 Å². The van der Waals surface area contributed by atoms with Crippen LogP contribution in [0.3, 0.4) is 0 Å². The normalized spacial score (nSPS) is 10.1. The number of likely N-dealkylation sites (N-methyl/N-ethyl adjacent to an activating group) is 1. The van der Waals surface area contributed by atoms with Gasteiger partial charge in [0.05, 0.1) is 22.3 Å². The fourth-order valence-corrected chi connectivity index (χ4v) is 2.67. The van der Waals surface area contributed by atoms with E-state index in [1.54, 1.807) is 36.4 Å². The van der Waals surface area contributed by atoms with Gasteiger partial charge in [-0.3, -0.25) is 9.59 Å². The van der Waals surface area contributed by atoms with Crippen molar-refractivity contribution in [3.63, 3.8) is 0 Å². The van der Waals surface area contributed by atoms with E-state index in [1.165, 1.54) is 18.0 Å². The molecule has 0 saturated heterocycles. The average Bonchev–Trinajstić information content (AvgIpc) is 2.57. The Bertz CT molecular complexity index is 837. The van der Waals surface area contributed by atoms with Crippen molar-refractivity contribution < 1.29 is 14.4 Å². The van der Waals surface area contributed by atoms with Crippen molar-refractivity contribution >= 4 is 52.4 Å². The molecule has 0 aromatic heterocycles. The van der Waals surface area contributed by atoms with Gasteiger partial charge < -0.3 is 21.3 Å². The molecule has 7 nitrogen and oxygen atoms in total. The van der Waals surface area contributed by atoms with Gasteiger partial charge in [0.15, 0.2) is 0 Å². The lowest BCUT2D eigenvalue weighted by Crippen LogP contribution is -2.35. The Balaban J connectivity index is 2.04. The van der Waals surface area contributed by atoms with Crippen LogP contribution in [0.4, 0.5) is 16.2 Å². The highest BCUT2D eigenvalue weighted by molar-refractivity contribution is 6.39. The lowest BCUT2D eigenvalue weighted by Gasteiger charge is -2.18. The average molecular weight is 395 g/mol. The van der Waals surface area contributed by atoms with Gasteiger partial charge in [-0.25, -0.2) is 4.79 Å². The molecule has 4 amide bonds. The third-order valence-electron chi connectivity index (χ3n) is 3.33. The highest BCUT2D eigenvalue weighted by atomic mass is 35.5. The highest BCUT2D eigenvalue weighted by Gasteiger charge is 2.17. The summed E-state index contributed by atoms with van der Waals surface area (Å²) in [4.78, 5) is 36.8. The number of benzene rings is 2. The van der Waals surface area contributed by atoms with Crippen LogP contribution in [0.15, 0.2) is 42.5 Å². The molecule has 0 unspecified atom stereocenters. The predicted octanol–water partition coefficient (Wildman–Crippen LogP) is 3.19. The third-order valence-corrected chi connectivity index (χ3v) is 3.96. The summed E-state index contributed by atoms with van der Waals surface area (Å²) in [6.45, 7) is -0.214. The van der Waals surface area contributed by atoms with Gasteiger partial charge in [-0.1, -0.05) is 35.3 Å². The number of anilines is 2. The van der Waals surface area contributed by atoms with E-state index in [0.29, 0.717) is 21.3 Å². The largest absolute Gasteiger partial charge is 0.351 e. The molecule has 0 aliphatic rings. The zero-order valence-corrected chi connectivity index (χ0v) is 15.3. The molecule has 0 radical (unpaired) electrons. The Morgan fingerprint density at radius 2 is 1.65 bits per heavy atom. The van der Waals surface area contributed by atoms with E-state index < -0.39 is 17.8 Å². The van der Waals surface area contributed by atoms with Gasteiger partial charge in [-0.2, -0.15) is 0 Å². The fraction of sp³-hybridized carbons (Fsp3) is 0.118. The molecule has 0 fully saturated rings. The van der Waals surface area contributed by atoms with Crippen molar-refractivity contribution in [1.29, 1.82) is 0 Å². The second-order valence-electron chi connectivity index (χ2n) is 5.38. The summed E-state index contributed by atoms with van der Waals surface area (Å²) in [5.74, 6) is -0.860. The third kappa shape index (κ3) is 5.11. The molecule has 2 aromatic carbocycles. The van der Waals surface area contributed by atoms with Crippen LogP contribution in [0.2, 0.25) is 10.0 Å². The van der Waals surface area contributed by atoms with Crippen molar-refractivity contribution in [1.82, 2.24) is 4.90 Å². The zero-order valence-electron chi connectivity index (χ0n) is 13.8. The van der Waals surface area contributed by atoms with Gasteiger partial charge in [-0.15, -0.1) is 0 Å². The molecule has 0 aliphatic heterocycles. The SMILES string of the molecule is CN(CC(=O)Nc1c(Cl)cccc1Cl)C(=O)c1cccc(NC(N)=O)c1. The van der Waals surface area contributed by atoms with Gasteiger partial charge in [-0.05, 0) is 30.3 Å². The van der Waals surface area contributed by atoms with E-state index in [1.807, 2.05) is 0 Å². The summed E-state index contributed by atoms with van der Waals surface area (Å²) in [5.41, 5.74) is 6.01. The van der Waals surface area contributed by atoms with Crippen molar-refractivity contribution in [2.45, 2.75) is 0 Å². The first-order chi connectivity index (χ1) is 12.3. The topological polar surface area (TPSA) is 105 Å². The number of carbonyl (C=O) groups is 3. The number of halogens is 2. The summed E-state index contributed by atoms with van der Waals surface area (Å²) in [7, 11) is 1.48. The molecule has 0 spiro atoms. The van der Waals surface area contributed by atoms with E-state index in [0.717, 1.165) is 0 Å². The predicted molar refractivity (Wildman–Crippen MR) is 102 cm³/mol. The molecule has 0 heterocycles. The van der Waals surface area contributed by atoms with Crippen LogP contribution in [0.1, 0.15) is 10.4 Å². The minimum Gasteiger partial charge on any atom is -0.351 e. The smallest absolute Gasteiger partial charge is 0.316 e. The highest BCUT2D eigenvalue weighted by Crippen LogP contribution is 2.29. The second kappa shape index (κ2) is 8.55. The summed E-state index contributed by atoms with van der Waals surface area (Å²) in [6.07, 6.45) is 0. The Labute approximate surface area is 160 Å². The van der Waals surface area contributed by atoms with E-state index in [9.17, 15) is 14.4 Å². The quantitative estimate of drug-likeness (QED) is 0.724. The summed E-state index contributed by atoms with van der Waals surface area (Å²) >= 11 is 12.0. The van der Waals surface area contributed by atoms with Gasteiger partial charge >= 0.3 is 6.03 Å². The number of primary amides is 1. The number of nitrogens with two attached hydrogens (primary N) is 1. The maximum atomic E-state index is 12.5. The fourth-order valence-electron chi connectivity index (χ4n) is 2.18. The van der Waals surface area contributed by atoms with Crippen molar-refractivity contribution in [3.8, 4) is 0 Å². The summed E-state index contributed by atoms with van der Waals surface area (Å²) in [5, 5.41) is 5.56. The van der Waals surface area contributed by atoms with Crippen LogP contribution < -0.4 is 16.4 Å². The summed E-state index contributed by atoms with van der Waals surface area (Å²) in [6, 6.07) is 10.3. The second-order valence-corrected chi connectivity index (χ2v) is 6.19. The molecule has 4 N–H and O–H groups in total. The van der Waals surface area contributed by atoms with Crippen molar-refractivity contribution in [3.05, 3.63) is 58.1 Å². The first kappa shape index (κ1) is 19.6. The number of amides is 4. The van der Waals surface area contributed by atoms with Crippen LogP contribution in [-0.4, -0.2) is 36.3 Å². The Hall–Kier alpha value is -2.77. The Morgan fingerprint density at radius 1 is 1.04 bits per heavy atom. The number of hydrogen-bond donors (Lipinski definition) is 3. The number of rotatable bonds is 5. The Morgan fingerprint density at radius 3 is 2.27 bits per heavy atom. The molecule has 0 bridgehead atoms. The molecule has 0 saturated carbocycles. The van der Waals surface area contributed by atoms with Gasteiger partial charge in [0.25, 0.3) is 5.91 Å². The van der Waals surface area contributed by atoms with E-state index >= 15 is 0 Å². The Kier molecular flexibility index (Phi) is 6.43. The number of hydrogen-bond acceptors (Lipinski definition) is 3. The number of nitrogens with one attached hydrogen (secondary N) is 2. The lowest BCUT2D eigenvalue weighted by molar-refractivity contribution is -0.116. The first-order valence-corrected chi connectivity index (χ1v) is 8.19. The molecular weight excluding hydrogens is 379 g/mol. The number of urea groups is 1. The molecule has 2 aromatic rings. The molecule has 26 heavy (non-hydrogen) atoms. The van der Waals surface area contributed by atoms with Crippen molar-refractivity contribution in [2.24, 2.45) is 5.73 Å². The summed E-state index contributed by atoms with van der Waals surface area (Å²) < 4.78 is 0. The van der Waals surface area contributed by atoms with E-state index in [4.69, 9.17) is 28.9 Å².